The largest absolute Gasteiger partial charge is 0.330 e. The Morgan fingerprint density at radius 3 is 2.59 bits per heavy atom. The summed E-state index contributed by atoms with van der Waals surface area (Å²) in [6, 6.07) is 3.51. The summed E-state index contributed by atoms with van der Waals surface area (Å²) in [5.41, 5.74) is 5.13. The zero-order valence-corrected chi connectivity index (χ0v) is 10.3. The second kappa shape index (κ2) is 5.55. The lowest BCUT2D eigenvalue weighted by atomic mass is 10.2. The molecule has 0 aliphatic rings. The van der Waals surface area contributed by atoms with Gasteiger partial charge in [0.15, 0.2) is 21.5 Å². The van der Waals surface area contributed by atoms with Crippen LogP contribution in [-0.4, -0.2) is 20.2 Å². The second-order valence-corrected chi connectivity index (χ2v) is 6.33. The second-order valence-electron chi connectivity index (χ2n) is 3.91. The summed E-state index contributed by atoms with van der Waals surface area (Å²) in [5, 5.41) is -0.657. The van der Waals surface area contributed by atoms with E-state index in [2.05, 4.69) is 0 Å². The van der Waals surface area contributed by atoms with Crippen molar-refractivity contribution in [1.29, 1.82) is 0 Å². The van der Waals surface area contributed by atoms with Crippen LogP contribution in [0.15, 0.2) is 18.2 Å². The molecule has 0 spiro atoms. The number of hydrogen-bond donors (Lipinski definition) is 1. The van der Waals surface area contributed by atoms with Gasteiger partial charge < -0.3 is 5.73 Å². The molecule has 0 heterocycles. The Kier molecular flexibility index (Phi) is 4.59. The van der Waals surface area contributed by atoms with Crippen LogP contribution in [0.5, 0.6) is 0 Å². The van der Waals surface area contributed by atoms with E-state index in [1.54, 1.807) is 0 Å². The van der Waals surface area contributed by atoms with Gasteiger partial charge in [-0.05, 0) is 26.0 Å². The van der Waals surface area contributed by atoms with Gasteiger partial charge in [-0.25, -0.2) is 17.2 Å². The van der Waals surface area contributed by atoms with Crippen molar-refractivity contribution in [2.24, 2.45) is 5.73 Å². The fourth-order valence-electron chi connectivity index (χ4n) is 1.43. The van der Waals surface area contributed by atoms with E-state index in [9.17, 15) is 17.2 Å². The van der Waals surface area contributed by atoms with Crippen molar-refractivity contribution in [1.82, 2.24) is 0 Å². The van der Waals surface area contributed by atoms with Crippen molar-refractivity contribution >= 4 is 9.84 Å². The highest BCUT2D eigenvalue weighted by molar-refractivity contribution is 7.91. The van der Waals surface area contributed by atoms with E-state index in [-0.39, 0.29) is 12.1 Å². The van der Waals surface area contributed by atoms with E-state index >= 15 is 0 Å². The minimum atomic E-state index is -3.50. The molecule has 1 aromatic carbocycles. The molecule has 17 heavy (non-hydrogen) atoms. The Morgan fingerprint density at radius 2 is 2.00 bits per heavy atom. The summed E-state index contributed by atoms with van der Waals surface area (Å²) in [6.07, 6.45) is 0.305. The van der Waals surface area contributed by atoms with E-state index in [0.717, 1.165) is 6.07 Å². The molecule has 0 radical (unpaired) electrons. The first-order valence-corrected chi connectivity index (χ1v) is 6.94. The first kappa shape index (κ1) is 14.1. The van der Waals surface area contributed by atoms with E-state index in [1.165, 1.54) is 19.1 Å². The van der Waals surface area contributed by atoms with Gasteiger partial charge in [0.2, 0.25) is 0 Å². The Bertz CT molecular complexity index is 488. The molecule has 0 amide bonds. The highest BCUT2D eigenvalue weighted by atomic mass is 32.2. The minimum absolute atomic E-state index is 0.145. The molecule has 0 aliphatic carbocycles. The average Bonchev–Trinajstić information content (AvgIpc) is 2.25. The lowest BCUT2D eigenvalue weighted by Gasteiger charge is -2.12. The van der Waals surface area contributed by atoms with Gasteiger partial charge in [0.05, 0.1) is 11.0 Å². The standard InChI is InChI=1S/C11H15F2NO2S/c1-8(5-6-14)17(15,16)7-9-3-2-4-10(12)11(9)13/h2-4,8H,5-7,14H2,1H3. The molecule has 0 aliphatic heterocycles. The van der Waals surface area contributed by atoms with Crippen molar-refractivity contribution in [2.45, 2.75) is 24.3 Å². The van der Waals surface area contributed by atoms with Crippen LogP contribution in [0.25, 0.3) is 0 Å². The maximum Gasteiger partial charge on any atom is 0.163 e. The van der Waals surface area contributed by atoms with Crippen molar-refractivity contribution in [3.8, 4) is 0 Å². The van der Waals surface area contributed by atoms with E-state index < -0.39 is 32.5 Å². The lowest BCUT2D eigenvalue weighted by Crippen LogP contribution is -2.23. The molecule has 0 fully saturated rings. The highest BCUT2D eigenvalue weighted by Gasteiger charge is 2.22. The Morgan fingerprint density at radius 1 is 1.35 bits per heavy atom. The van der Waals surface area contributed by atoms with Crippen molar-refractivity contribution < 1.29 is 17.2 Å². The first-order chi connectivity index (χ1) is 7.88. The van der Waals surface area contributed by atoms with Crippen molar-refractivity contribution in [3.05, 3.63) is 35.4 Å². The van der Waals surface area contributed by atoms with Gasteiger partial charge in [-0.1, -0.05) is 12.1 Å². The summed E-state index contributed by atoms with van der Waals surface area (Å²) in [6.45, 7) is 1.76. The topological polar surface area (TPSA) is 60.2 Å². The maximum atomic E-state index is 13.3. The van der Waals surface area contributed by atoms with Crippen LogP contribution in [0.1, 0.15) is 18.9 Å². The van der Waals surface area contributed by atoms with Gasteiger partial charge in [0.25, 0.3) is 0 Å². The quantitative estimate of drug-likeness (QED) is 0.878. The molecule has 96 valence electrons. The minimum Gasteiger partial charge on any atom is -0.330 e. The molecule has 0 aromatic heterocycles. The van der Waals surface area contributed by atoms with Crippen molar-refractivity contribution in [2.75, 3.05) is 6.54 Å². The van der Waals surface area contributed by atoms with Gasteiger partial charge in [-0.2, -0.15) is 0 Å². The zero-order chi connectivity index (χ0) is 13.1. The van der Waals surface area contributed by atoms with Gasteiger partial charge in [0, 0.05) is 5.56 Å². The highest BCUT2D eigenvalue weighted by Crippen LogP contribution is 2.17. The number of sulfone groups is 1. The number of nitrogens with two attached hydrogens (primary N) is 1. The predicted molar refractivity (Wildman–Crippen MR) is 62.1 cm³/mol. The molecular weight excluding hydrogens is 248 g/mol. The first-order valence-electron chi connectivity index (χ1n) is 5.23. The van der Waals surface area contributed by atoms with Crippen LogP contribution >= 0.6 is 0 Å². The summed E-state index contributed by atoms with van der Waals surface area (Å²) in [7, 11) is -3.50. The summed E-state index contributed by atoms with van der Waals surface area (Å²) >= 11 is 0. The van der Waals surface area contributed by atoms with Crippen LogP contribution in [-0.2, 0) is 15.6 Å². The zero-order valence-electron chi connectivity index (χ0n) is 9.49. The SMILES string of the molecule is CC(CCN)S(=O)(=O)Cc1cccc(F)c1F. The number of rotatable bonds is 5. The Hall–Kier alpha value is -1.01. The van der Waals surface area contributed by atoms with E-state index in [1.807, 2.05) is 0 Å². The molecule has 0 saturated carbocycles. The van der Waals surface area contributed by atoms with Crippen LogP contribution < -0.4 is 5.73 Å². The fraction of sp³-hybridized carbons (Fsp3) is 0.455. The summed E-state index contributed by atoms with van der Waals surface area (Å²) in [4.78, 5) is 0. The summed E-state index contributed by atoms with van der Waals surface area (Å²) in [5.74, 6) is -2.64. The average molecular weight is 263 g/mol. The summed E-state index contributed by atoms with van der Waals surface area (Å²) < 4.78 is 49.8. The molecule has 1 aromatic rings. The third-order valence-corrected chi connectivity index (χ3v) is 4.75. The number of hydrogen-bond acceptors (Lipinski definition) is 3. The van der Waals surface area contributed by atoms with Crippen molar-refractivity contribution in [3.63, 3.8) is 0 Å². The molecule has 0 bridgehead atoms. The Labute approximate surface area is 99.6 Å². The van der Waals surface area contributed by atoms with Crippen LogP contribution in [0, 0.1) is 11.6 Å². The fourth-order valence-corrected chi connectivity index (χ4v) is 2.87. The monoisotopic (exact) mass is 263 g/mol. The number of halogens is 2. The molecule has 1 atom stereocenters. The van der Waals surface area contributed by atoms with E-state index in [0.29, 0.717) is 6.42 Å². The van der Waals surface area contributed by atoms with Crippen LogP contribution in [0.2, 0.25) is 0 Å². The Balaban J connectivity index is 2.94. The normalized spacial score (nSPS) is 13.6. The molecule has 0 saturated heterocycles. The number of benzene rings is 1. The molecular formula is C11H15F2NO2S. The molecule has 3 nitrogen and oxygen atoms in total. The smallest absolute Gasteiger partial charge is 0.163 e. The van der Waals surface area contributed by atoms with Gasteiger partial charge in [-0.15, -0.1) is 0 Å². The molecule has 6 heteroatoms. The third kappa shape index (κ3) is 3.47. The van der Waals surface area contributed by atoms with Gasteiger partial charge in [-0.3, -0.25) is 0 Å². The van der Waals surface area contributed by atoms with Crippen LogP contribution in [0.3, 0.4) is 0 Å². The van der Waals surface area contributed by atoms with Gasteiger partial charge in [0.1, 0.15) is 0 Å². The molecule has 1 rings (SSSR count). The van der Waals surface area contributed by atoms with Gasteiger partial charge >= 0.3 is 0 Å². The third-order valence-electron chi connectivity index (χ3n) is 2.57. The van der Waals surface area contributed by atoms with Crippen LogP contribution in [0.4, 0.5) is 8.78 Å². The van der Waals surface area contributed by atoms with E-state index in [4.69, 9.17) is 5.73 Å². The predicted octanol–water partition coefficient (Wildman–Crippen LogP) is 1.62. The molecule has 2 N–H and O–H groups in total. The maximum absolute atomic E-state index is 13.3. The lowest BCUT2D eigenvalue weighted by molar-refractivity contribution is 0.500. The molecule has 1 unspecified atom stereocenters.